The summed E-state index contributed by atoms with van der Waals surface area (Å²) in [5.41, 5.74) is 0.207. The first-order valence-electron chi connectivity index (χ1n) is 2.85. The van der Waals surface area contributed by atoms with Crippen LogP contribution < -0.4 is 0 Å². The Kier molecular flexibility index (Phi) is 2.68. The number of hydrogen-bond acceptors (Lipinski definition) is 0. The molecular weight excluding hydrogens is 193 g/mol. The Morgan fingerprint density at radius 3 is 2.45 bits per heavy atom. The van der Waals surface area contributed by atoms with Gasteiger partial charge in [-0.05, 0) is 6.07 Å². The minimum Gasteiger partial charge on any atom is -0.205 e. The summed E-state index contributed by atoms with van der Waals surface area (Å²) in [4.78, 5) is 0. The van der Waals surface area contributed by atoms with Gasteiger partial charge in [-0.2, -0.15) is 0 Å². The molecule has 0 aliphatic carbocycles. The Morgan fingerprint density at radius 1 is 1.27 bits per heavy atom. The van der Waals surface area contributed by atoms with Gasteiger partial charge in [0.1, 0.15) is 16.7 Å². The smallest absolute Gasteiger partial charge is 0.149 e. The van der Waals surface area contributed by atoms with E-state index in [-0.39, 0.29) is 11.4 Å². The van der Waals surface area contributed by atoms with E-state index < -0.39 is 16.7 Å². The lowest BCUT2D eigenvalue weighted by Crippen LogP contribution is -1.89. The average Bonchev–Trinajstić information content (AvgIpc) is 2.01. The van der Waals surface area contributed by atoms with Crippen LogP contribution in [0.1, 0.15) is 5.56 Å². The summed E-state index contributed by atoms with van der Waals surface area (Å²) in [5.74, 6) is -1.55. The number of alkyl halides is 1. The van der Waals surface area contributed by atoms with E-state index >= 15 is 0 Å². The summed E-state index contributed by atoms with van der Waals surface area (Å²) in [5, 5.41) is -0.497. The van der Waals surface area contributed by atoms with Crippen molar-refractivity contribution in [1.29, 1.82) is 0 Å². The van der Waals surface area contributed by atoms with E-state index in [1.165, 1.54) is 6.07 Å². The highest BCUT2D eigenvalue weighted by Crippen LogP contribution is 2.22. The van der Waals surface area contributed by atoms with Gasteiger partial charge < -0.3 is 0 Å². The first kappa shape index (κ1) is 8.75. The van der Waals surface area contributed by atoms with Crippen LogP contribution in [0.5, 0.6) is 0 Å². The lowest BCUT2D eigenvalue weighted by atomic mass is 10.2. The van der Waals surface area contributed by atoms with Crippen molar-refractivity contribution >= 4 is 23.2 Å². The molecule has 0 radical (unpaired) electrons. The highest BCUT2D eigenvalue weighted by molar-refractivity contribution is 6.31. The van der Waals surface area contributed by atoms with Gasteiger partial charge in [0.05, 0.1) is 5.88 Å². The standard InChI is InChI=1S/C7H4Cl2F2/c8-3-4-1-2-5(10)6(9)7(4)11/h1-2H,3H2. The van der Waals surface area contributed by atoms with E-state index in [2.05, 4.69) is 0 Å². The molecular formula is C7H4Cl2F2. The van der Waals surface area contributed by atoms with Crippen molar-refractivity contribution in [1.82, 2.24) is 0 Å². The monoisotopic (exact) mass is 196 g/mol. The minimum atomic E-state index is -0.776. The third kappa shape index (κ3) is 1.63. The molecule has 0 amide bonds. The van der Waals surface area contributed by atoms with Gasteiger partial charge in [0, 0.05) is 5.56 Å². The first-order valence-corrected chi connectivity index (χ1v) is 3.76. The number of rotatable bonds is 1. The molecule has 0 aliphatic rings. The second-order valence-electron chi connectivity index (χ2n) is 1.97. The van der Waals surface area contributed by atoms with Gasteiger partial charge in [-0.25, -0.2) is 8.78 Å². The molecule has 0 heterocycles. The summed E-state index contributed by atoms with van der Waals surface area (Å²) in [7, 11) is 0. The fourth-order valence-electron chi connectivity index (χ4n) is 0.669. The molecule has 0 atom stereocenters. The zero-order valence-electron chi connectivity index (χ0n) is 5.37. The average molecular weight is 197 g/mol. The van der Waals surface area contributed by atoms with Gasteiger partial charge in [0.2, 0.25) is 0 Å². The van der Waals surface area contributed by atoms with Gasteiger partial charge in [-0.1, -0.05) is 17.7 Å². The number of benzene rings is 1. The summed E-state index contributed by atoms with van der Waals surface area (Å²) >= 11 is 10.6. The molecule has 0 aromatic heterocycles. The van der Waals surface area contributed by atoms with Crippen LogP contribution in [-0.2, 0) is 5.88 Å². The van der Waals surface area contributed by atoms with Crippen molar-refractivity contribution in [3.8, 4) is 0 Å². The quantitative estimate of drug-likeness (QED) is 0.478. The fourth-order valence-corrected chi connectivity index (χ4v) is 1.06. The zero-order valence-corrected chi connectivity index (χ0v) is 6.89. The molecule has 0 fully saturated rings. The summed E-state index contributed by atoms with van der Waals surface area (Å²) in [6.07, 6.45) is 0. The van der Waals surface area contributed by atoms with E-state index in [1.807, 2.05) is 0 Å². The summed E-state index contributed by atoms with van der Waals surface area (Å²) in [6.45, 7) is 0. The fraction of sp³-hybridized carbons (Fsp3) is 0.143. The predicted octanol–water partition coefficient (Wildman–Crippen LogP) is 3.36. The third-order valence-electron chi connectivity index (χ3n) is 1.26. The van der Waals surface area contributed by atoms with Crippen LogP contribution in [0.3, 0.4) is 0 Å². The molecule has 0 bridgehead atoms. The van der Waals surface area contributed by atoms with Crippen LogP contribution >= 0.6 is 23.2 Å². The molecule has 0 saturated heterocycles. The van der Waals surface area contributed by atoms with E-state index in [4.69, 9.17) is 23.2 Å². The van der Waals surface area contributed by atoms with Crippen molar-refractivity contribution < 1.29 is 8.78 Å². The van der Waals surface area contributed by atoms with Gasteiger partial charge in [0.15, 0.2) is 0 Å². The van der Waals surface area contributed by atoms with Crippen LogP contribution in [-0.4, -0.2) is 0 Å². The van der Waals surface area contributed by atoms with Crippen LogP contribution in [0.25, 0.3) is 0 Å². The van der Waals surface area contributed by atoms with Crippen LogP contribution in [0.4, 0.5) is 8.78 Å². The lowest BCUT2D eigenvalue weighted by Gasteiger charge is -2.00. The Morgan fingerprint density at radius 2 is 1.91 bits per heavy atom. The first-order chi connectivity index (χ1) is 5.16. The maximum absolute atomic E-state index is 12.8. The molecule has 1 aromatic carbocycles. The highest BCUT2D eigenvalue weighted by Gasteiger charge is 2.09. The molecule has 0 unspecified atom stereocenters. The molecule has 60 valence electrons. The second-order valence-corrected chi connectivity index (χ2v) is 2.61. The molecule has 0 aliphatic heterocycles. The van der Waals surface area contributed by atoms with Gasteiger partial charge in [0.25, 0.3) is 0 Å². The SMILES string of the molecule is Fc1ccc(CCl)c(F)c1Cl. The van der Waals surface area contributed by atoms with Crippen LogP contribution in [0, 0.1) is 11.6 Å². The molecule has 4 heteroatoms. The van der Waals surface area contributed by atoms with E-state index in [9.17, 15) is 8.78 Å². The minimum absolute atomic E-state index is 0.00810. The van der Waals surface area contributed by atoms with Crippen LogP contribution in [0.15, 0.2) is 12.1 Å². The van der Waals surface area contributed by atoms with Crippen molar-refractivity contribution in [3.05, 3.63) is 34.4 Å². The van der Waals surface area contributed by atoms with Crippen molar-refractivity contribution in [2.24, 2.45) is 0 Å². The molecule has 11 heavy (non-hydrogen) atoms. The van der Waals surface area contributed by atoms with Gasteiger partial charge in [-0.15, -0.1) is 11.6 Å². The van der Waals surface area contributed by atoms with E-state index in [0.29, 0.717) is 0 Å². The van der Waals surface area contributed by atoms with E-state index in [0.717, 1.165) is 6.07 Å². The molecule has 1 rings (SSSR count). The summed E-state index contributed by atoms with van der Waals surface area (Å²) < 4.78 is 25.3. The maximum atomic E-state index is 12.8. The molecule has 0 saturated carbocycles. The Labute approximate surface area is 72.7 Å². The molecule has 0 N–H and O–H groups in total. The second kappa shape index (κ2) is 3.37. The Balaban J connectivity index is 3.25. The van der Waals surface area contributed by atoms with Crippen molar-refractivity contribution in [2.75, 3.05) is 0 Å². The highest BCUT2D eigenvalue weighted by atomic mass is 35.5. The third-order valence-corrected chi connectivity index (χ3v) is 1.89. The zero-order chi connectivity index (χ0) is 8.43. The molecule has 0 spiro atoms. The Bertz CT molecular complexity index is 273. The normalized spacial score (nSPS) is 10.2. The summed E-state index contributed by atoms with van der Waals surface area (Å²) in [6, 6.07) is 2.35. The molecule has 1 aromatic rings. The van der Waals surface area contributed by atoms with E-state index in [1.54, 1.807) is 0 Å². The topological polar surface area (TPSA) is 0 Å². The molecule has 0 nitrogen and oxygen atoms in total. The van der Waals surface area contributed by atoms with Crippen molar-refractivity contribution in [3.63, 3.8) is 0 Å². The lowest BCUT2D eigenvalue weighted by molar-refractivity contribution is 0.577. The maximum Gasteiger partial charge on any atom is 0.149 e. The van der Waals surface area contributed by atoms with Gasteiger partial charge >= 0.3 is 0 Å². The predicted molar refractivity (Wildman–Crippen MR) is 40.9 cm³/mol. The Hall–Kier alpha value is -0.340. The number of halogens is 4. The number of hydrogen-bond donors (Lipinski definition) is 0. The largest absolute Gasteiger partial charge is 0.205 e. The van der Waals surface area contributed by atoms with Crippen LogP contribution in [0.2, 0.25) is 5.02 Å². The van der Waals surface area contributed by atoms with Gasteiger partial charge in [-0.3, -0.25) is 0 Å². The van der Waals surface area contributed by atoms with Crippen molar-refractivity contribution in [2.45, 2.75) is 5.88 Å².